The Kier molecular flexibility index (Phi) is 6.11. The average molecular weight is 422 g/mol. The topological polar surface area (TPSA) is 107 Å². The van der Waals surface area contributed by atoms with Crippen LogP contribution in [-0.4, -0.2) is 31.8 Å². The molecule has 0 spiro atoms. The van der Waals surface area contributed by atoms with E-state index in [0.29, 0.717) is 6.42 Å². The van der Waals surface area contributed by atoms with Gasteiger partial charge in [0.05, 0.1) is 16.7 Å². The molecular formula is C25H26O6. The molecule has 162 valence electrons. The molecule has 1 atom stereocenters. The Morgan fingerprint density at radius 2 is 1.77 bits per heavy atom. The van der Waals surface area contributed by atoms with Crippen LogP contribution in [-0.2, 0) is 0 Å². The molecule has 0 bridgehead atoms. The number of allylic oxidation sites excluding steroid dienone is 3. The number of phenolic OH excluding ortho intramolecular Hbond substituents is 4. The van der Waals surface area contributed by atoms with Crippen molar-refractivity contribution in [2.75, 3.05) is 0 Å². The van der Waals surface area contributed by atoms with E-state index in [1.54, 1.807) is 12.2 Å². The van der Waals surface area contributed by atoms with Crippen LogP contribution < -0.4 is 4.74 Å². The van der Waals surface area contributed by atoms with E-state index in [2.05, 4.69) is 6.08 Å². The number of ketones is 1. The largest absolute Gasteiger partial charge is 0.507 e. The van der Waals surface area contributed by atoms with Crippen molar-refractivity contribution in [3.05, 3.63) is 64.8 Å². The molecule has 0 saturated heterocycles. The standard InChI is InChI=1S/C25H26O6/c1-15(2)6-5-12-25(3)13-11-17-23(30)18(14-22(29)24(17)31-25)21(28)10-9-16-19(26)7-4-8-20(16)27/h4,6-11,13-14,26-27,29-30H,5,12H2,1-3H3/b10-9+/t25-/m0/s1. The summed E-state index contributed by atoms with van der Waals surface area (Å²) in [4.78, 5) is 12.6. The predicted molar refractivity (Wildman–Crippen MR) is 120 cm³/mol. The first-order chi connectivity index (χ1) is 14.6. The molecule has 6 nitrogen and oxygen atoms in total. The lowest BCUT2D eigenvalue weighted by molar-refractivity contribution is 0.104. The van der Waals surface area contributed by atoms with Crippen LogP contribution in [0.2, 0.25) is 0 Å². The summed E-state index contributed by atoms with van der Waals surface area (Å²) in [5, 5.41) is 40.8. The van der Waals surface area contributed by atoms with Crippen molar-refractivity contribution < 1.29 is 30.0 Å². The normalized spacial score (nSPS) is 17.3. The molecule has 2 aromatic rings. The summed E-state index contributed by atoms with van der Waals surface area (Å²) < 4.78 is 5.99. The molecule has 0 saturated carbocycles. The van der Waals surface area contributed by atoms with Gasteiger partial charge in [0.2, 0.25) is 0 Å². The highest BCUT2D eigenvalue weighted by Gasteiger charge is 2.31. The average Bonchev–Trinajstić information content (AvgIpc) is 2.69. The van der Waals surface area contributed by atoms with Gasteiger partial charge in [-0.2, -0.15) is 0 Å². The minimum absolute atomic E-state index is 0.0767. The lowest BCUT2D eigenvalue weighted by Crippen LogP contribution is -2.31. The second kappa shape index (κ2) is 8.60. The number of aromatic hydroxyl groups is 4. The number of rotatable bonds is 6. The number of carbonyl (C=O) groups excluding carboxylic acids is 1. The summed E-state index contributed by atoms with van der Waals surface area (Å²) in [7, 11) is 0. The Bertz CT molecular complexity index is 1090. The molecule has 4 N–H and O–H groups in total. The van der Waals surface area contributed by atoms with Gasteiger partial charge in [0.15, 0.2) is 17.3 Å². The highest BCUT2D eigenvalue weighted by Crippen LogP contribution is 2.46. The predicted octanol–water partition coefficient (Wildman–Crippen LogP) is 5.32. The molecule has 0 amide bonds. The minimum Gasteiger partial charge on any atom is -0.507 e. The van der Waals surface area contributed by atoms with Gasteiger partial charge in [-0.3, -0.25) is 4.79 Å². The Balaban J connectivity index is 1.89. The molecule has 6 heteroatoms. The molecule has 0 aliphatic carbocycles. The van der Waals surface area contributed by atoms with E-state index >= 15 is 0 Å². The summed E-state index contributed by atoms with van der Waals surface area (Å²) in [6.45, 7) is 5.93. The summed E-state index contributed by atoms with van der Waals surface area (Å²) in [6, 6.07) is 5.38. The first-order valence-corrected chi connectivity index (χ1v) is 9.95. The third-order valence-electron chi connectivity index (χ3n) is 5.13. The molecule has 2 aromatic carbocycles. The van der Waals surface area contributed by atoms with Gasteiger partial charge in [-0.15, -0.1) is 0 Å². The van der Waals surface area contributed by atoms with E-state index in [0.717, 1.165) is 18.6 Å². The Morgan fingerprint density at radius 1 is 1.10 bits per heavy atom. The quantitative estimate of drug-likeness (QED) is 0.217. The van der Waals surface area contributed by atoms with Crippen LogP contribution in [0.4, 0.5) is 0 Å². The smallest absolute Gasteiger partial charge is 0.189 e. The SMILES string of the molecule is CC(C)=CCC[C@@]1(C)C=Cc2c(O)c(C(=O)/C=C/c3c(O)cccc3O)cc(O)c2O1. The van der Waals surface area contributed by atoms with E-state index in [4.69, 9.17) is 4.74 Å². The number of benzene rings is 2. The van der Waals surface area contributed by atoms with Crippen LogP contribution in [0.1, 0.15) is 55.1 Å². The van der Waals surface area contributed by atoms with Crippen molar-refractivity contribution in [3.63, 3.8) is 0 Å². The van der Waals surface area contributed by atoms with E-state index in [-0.39, 0.29) is 45.4 Å². The van der Waals surface area contributed by atoms with Gasteiger partial charge in [0.1, 0.15) is 22.8 Å². The summed E-state index contributed by atoms with van der Waals surface area (Å²) >= 11 is 0. The number of fused-ring (bicyclic) bond motifs is 1. The second-order valence-corrected chi connectivity index (χ2v) is 8.01. The molecule has 0 fully saturated rings. The van der Waals surface area contributed by atoms with Gasteiger partial charge in [-0.25, -0.2) is 0 Å². The maximum atomic E-state index is 12.6. The van der Waals surface area contributed by atoms with E-state index in [1.165, 1.54) is 29.8 Å². The van der Waals surface area contributed by atoms with Gasteiger partial charge in [0.25, 0.3) is 0 Å². The lowest BCUT2D eigenvalue weighted by atomic mass is 9.92. The molecule has 0 radical (unpaired) electrons. The highest BCUT2D eigenvalue weighted by atomic mass is 16.5. The maximum Gasteiger partial charge on any atom is 0.189 e. The van der Waals surface area contributed by atoms with Crippen molar-refractivity contribution in [2.24, 2.45) is 0 Å². The number of phenols is 4. The fraction of sp³-hybridized carbons (Fsp3) is 0.240. The molecule has 0 aromatic heterocycles. The van der Waals surface area contributed by atoms with Crippen LogP contribution in [0.3, 0.4) is 0 Å². The Morgan fingerprint density at radius 3 is 2.42 bits per heavy atom. The zero-order valence-corrected chi connectivity index (χ0v) is 17.7. The molecule has 1 aliphatic heterocycles. The van der Waals surface area contributed by atoms with Crippen molar-refractivity contribution >= 4 is 17.9 Å². The third kappa shape index (κ3) is 4.74. The lowest BCUT2D eigenvalue weighted by Gasteiger charge is -2.32. The first kappa shape index (κ1) is 22.0. The Labute approximate surface area is 181 Å². The van der Waals surface area contributed by atoms with Gasteiger partial charge in [-0.1, -0.05) is 17.7 Å². The maximum absolute atomic E-state index is 12.6. The van der Waals surface area contributed by atoms with Gasteiger partial charge in [-0.05, 0) is 76.1 Å². The van der Waals surface area contributed by atoms with Crippen LogP contribution in [0.5, 0.6) is 28.7 Å². The first-order valence-electron chi connectivity index (χ1n) is 9.95. The zero-order chi connectivity index (χ0) is 22.8. The van der Waals surface area contributed by atoms with Crippen LogP contribution in [0, 0.1) is 0 Å². The fourth-order valence-corrected chi connectivity index (χ4v) is 3.38. The molecule has 0 unspecified atom stereocenters. The van der Waals surface area contributed by atoms with Gasteiger partial charge < -0.3 is 25.2 Å². The van der Waals surface area contributed by atoms with Gasteiger partial charge in [0, 0.05) is 0 Å². The fourth-order valence-electron chi connectivity index (χ4n) is 3.38. The van der Waals surface area contributed by atoms with Crippen molar-refractivity contribution in [2.45, 2.75) is 39.2 Å². The number of hydrogen-bond acceptors (Lipinski definition) is 6. The summed E-state index contributed by atoms with van der Waals surface area (Å²) in [6.07, 6.45) is 9.38. The number of carbonyl (C=O) groups is 1. The second-order valence-electron chi connectivity index (χ2n) is 8.01. The van der Waals surface area contributed by atoms with Crippen LogP contribution in [0.25, 0.3) is 12.2 Å². The summed E-state index contributed by atoms with van der Waals surface area (Å²) in [5.74, 6) is -1.43. The van der Waals surface area contributed by atoms with Gasteiger partial charge >= 0.3 is 0 Å². The molecular weight excluding hydrogens is 396 g/mol. The minimum atomic E-state index is -0.656. The summed E-state index contributed by atoms with van der Waals surface area (Å²) in [5.41, 5.74) is 0.729. The van der Waals surface area contributed by atoms with Crippen LogP contribution in [0.15, 0.2) is 48.1 Å². The number of ether oxygens (including phenoxy) is 1. The van der Waals surface area contributed by atoms with Crippen LogP contribution >= 0.6 is 0 Å². The third-order valence-corrected chi connectivity index (χ3v) is 5.13. The van der Waals surface area contributed by atoms with Crippen molar-refractivity contribution in [1.29, 1.82) is 0 Å². The Hall–Kier alpha value is -3.67. The van der Waals surface area contributed by atoms with E-state index in [1.807, 2.05) is 20.8 Å². The zero-order valence-electron chi connectivity index (χ0n) is 17.7. The molecule has 3 rings (SSSR count). The monoisotopic (exact) mass is 422 g/mol. The molecule has 1 heterocycles. The van der Waals surface area contributed by atoms with Crippen molar-refractivity contribution in [1.82, 2.24) is 0 Å². The molecule has 31 heavy (non-hydrogen) atoms. The van der Waals surface area contributed by atoms with E-state index in [9.17, 15) is 25.2 Å². The van der Waals surface area contributed by atoms with Crippen molar-refractivity contribution in [3.8, 4) is 28.7 Å². The highest BCUT2D eigenvalue weighted by molar-refractivity contribution is 6.10. The van der Waals surface area contributed by atoms with E-state index < -0.39 is 11.4 Å². The molecule has 1 aliphatic rings. The number of hydrogen-bond donors (Lipinski definition) is 4.